The summed E-state index contributed by atoms with van der Waals surface area (Å²) in [7, 11) is 3.78. The van der Waals surface area contributed by atoms with Crippen molar-refractivity contribution >= 4 is 23.6 Å². The molecule has 55 heavy (non-hydrogen) atoms. The highest BCUT2D eigenvalue weighted by molar-refractivity contribution is 6.00. The van der Waals surface area contributed by atoms with Crippen molar-refractivity contribution in [2.24, 2.45) is 35.5 Å². The van der Waals surface area contributed by atoms with Crippen molar-refractivity contribution in [1.82, 2.24) is 15.5 Å². The lowest BCUT2D eigenvalue weighted by Gasteiger charge is -2.47. The molecule has 4 saturated heterocycles. The molecule has 5 rings (SSSR count). The molecular formula is C42H69N3O10. The number of piperidine rings is 1. The number of carbonyl (C=O) groups excluding carboxylic acids is 4. The molecule has 3 unspecified atom stereocenters. The third-order valence-corrected chi connectivity index (χ3v) is 13.5. The zero-order chi connectivity index (χ0) is 40.4. The molecule has 1 saturated carbocycles. The van der Waals surface area contributed by atoms with Crippen LogP contribution in [0.3, 0.4) is 0 Å². The van der Waals surface area contributed by atoms with E-state index in [-0.39, 0.29) is 37.4 Å². The van der Waals surface area contributed by atoms with E-state index in [1.165, 1.54) is 32.6 Å². The maximum Gasteiger partial charge on any atom is 0.408 e. The van der Waals surface area contributed by atoms with Crippen molar-refractivity contribution < 1.29 is 48.0 Å². The lowest BCUT2D eigenvalue weighted by Crippen LogP contribution is -2.60. The number of hydrogen-bond donors (Lipinski definition) is 3. The largest absolute Gasteiger partial charge is 0.458 e. The van der Waals surface area contributed by atoms with Crippen LogP contribution in [-0.2, 0) is 38.1 Å². The van der Waals surface area contributed by atoms with Gasteiger partial charge < -0.3 is 44.3 Å². The zero-order valence-corrected chi connectivity index (χ0v) is 34.9. The normalized spacial score (nSPS) is 45.0. The molecule has 0 bridgehead atoms. The van der Waals surface area contributed by atoms with Gasteiger partial charge in [-0.15, -0.1) is 0 Å². The summed E-state index contributed by atoms with van der Waals surface area (Å²) in [5, 5.41) is 18.2. The molecule has 5 aliphatic rings. The third kappa shape index (κ3) is 9.49. The van der Waals surface area contributed by atoms with E-state index in [1.54, 1.807) is 27.7 Å². The first kappa shape index (κ1) is 43.7. The lowest BCUT2D eigenvalue weighted by atomic mass is 9.73. The number of nitrogens with zero attached hydrogens (tertiary/aromatic N) is 1. The van der Waals surface area contributed by atoms with Gasteiger partial charge in [0.1, 0.15) is 23.9 Å². The van der Waals surface area contributed by atoms with Crippen molar-refractivity contribution in [2.75, 3.05) is 27.2 Å². The third-order valence-electron chi connectivity index (χ3n) is 13.5. The molecule has 0 aromatic carbocycles. The van der Waals surface area contributed by atoms with Crippen LogP contribution in [0.1, 0.15) is 107 Å². The van der Waals surface area contributed by atoms with Crippen LogP contribution in [0.2, 0.25) is 0 Å². The van der Waals surface area contributed by atoms with Gasteiger partial charge in [-0.1, -0.05) is 52.7 Å². The van der Waals surface area contributed by atoms with Crippen molar-refractivity contribution in [1.29, 1.82) is 0 Å². The molecule has 312 valence electrons. The standard InChI is InChI=1S/C42H69N3O10/c1-11-32-42(8)36(44-40(50)55-42)25(4)33(46)23(2)21-41(7,51-18-14-15-28-20-29-16-12-13-17-30(29)43-22-28)37(26(5)34(47)27(6)38(49)53-32)54-39-35(48)31(45(9)10)19-24(3)52-39/h14-15,23-32,35-37,39,43,48H,11-13,16-22H2,1-10H3,(H,44,50)/b15-14+/t23-,24-,25+,26+,27-,28?,29?,30?,31+,32-,35-,36-,37-,39+,41+,42-/m1/s1. The fourth-order valence-corrected chi connectivity index (χ4v) is 10.3. The number of amides is 1. The van der Waals surface area contributed by atoms with Gasteiger partial charge in [-0.2, -0.15) is 0 Å². The molecule has 4 aliphatic heterocycles. The average molecular weight is 776 g/mol. The predicted octanol–water partition coefficient (Wildman–Crippen LogP) is 4.57. The van der Waals surface area contributed by atoms with Gasteiger partial charge in [-0.05, 0) is 92.2 Å². The highest BCUT2D eigenvalue weighted by Crippen LogP contribution is 2.41. The number of aliphatic hydroxyl groups excluding tert-OH is 1. The number of carbonyl (C=O) groups is 4. The highest BCUT2D eigenvalue weighted by Gasteiger charge is 2.57. The number of alkyl carbamates (subject to hydrolysis) is 1. The maximum atomic E-state index is 14.5. The van der Waals surface area contributed by atoms with Crippen LogP contribution in [0.5, 0.6) is 0 Å². The molecule has 3 N–H and O–H groups in total. The Morgan fingerprint density at radius 3 is 2.38 bits per heavy atom. The molecule has 1 amide bonds. The summed E-state index contributed by atoms with van der Waals surface area (Å²) in [5.74, 6) is -3.85. The molecule has 0 aromatic heterocycles. The maximum absolute atomic E-state index is 14.5. The number of ketones is 2. The summed E-state index contributed by atoms with van der Waals surface area (Å²) < 4.78 is 31.6. The van der Waals surface area contributed by atoms with Crippen LogP contribution in [-0.4, -0.2) is 121 Å². The molecular weight excluding hydrogens is 706 g/mol. The Labute approximate surface area is 328 Å². The first-order valence-corrected chi connectivity index (χ1v) is 20.9. The van der Waals surface area contributed by atoms with Crippen molar-refractivity contribution in [3.05, 3.63) is 12.2 Å². The molecule has 1 aliphatic carbocycles. The highest BCUT2D eigenvalue weighted by atomic mass is 16.7. The van der Waals surface area contributed by atoms with Gasteiger partial charge >= 0.3 is 12.1 Å². The van der Waals surface area contributed by atoms with E-state index in [9.17, 15) is 24.3 Å². The lowest BCUT2D eigenvalue weighted by molar-refractivity contribution is -0.296. The number of ether oxygens (including phenoxy) is 5. The summed E-state index contributed by atoms with van der Waals surface area (Å²) in [4.78, 5) is 57.4. The molecule has 16 atom stereocenters. The van der Waals surface area contributed by atoms with Crippen LogP contribution in [0, 0.1) is 35.5 Å². The second-order valence-corrected chi connectivity index (χ2v) is 18.0. The summed E-state index contributed by atoms with van der Waals surface area (Å²) in [6.07, 6.45) is 6.29. The quantitative estimate of drug-likeness (QED) is 0.179. The van der Waals surface area contributed by atoms with E-state index in [0.29, 0.717) is 24.3 Å². The molecule has 13 nitrogen and oxygen atoms in total. The smallest absolute Gasteiger partial charge is 0.408 e. The van der Waals surface area contributed by atoms with Crippen molar-refractivity contribution in [3.8, 4) is 0 Å². The number of aliphatic hydroxyl groups is 1. The Morgan fingerprint density at radius 1 is 0.982 bits per heavy atom. The first-order valence-electron chi connectivity index (χ1n) is 20.9. The minimum atomic E-state index is -1.36. The number of esters is 1. The van der Waals surface area contributed by atoms with E-state index in [2.05, 4.69) is 16.7 Å². The minimum Gasteiger partial charge on any atom is -0.458 e. The monoisotopic (exact) mass is 775 g/mol. The Morgan fingerprint density at radius 2 is 1.69 bits per heavy atom. The number of likely N-dealkylation sites (N-methyl/N-ethyl adjacent to an activating group) is 1. The van der Waals surface area contributed by atoms with Gasteiger partial charge in [-0.25, -0.2) is 4.79 Å². The molecule has 0 aromatic rings. The topological polar surface area (TPSA) is 162 Å². The van der Waals surface area contributed by atoms with Crippen molar-refractivity contribution in [2.45, 2.75) is 167 Å². The Hall–Kier alpha value is -2.42. The molecule has 4 heterocycles. The zero-order valence-electron chi connectivity index (χ0n) is 34.9. The van der Waals surface area contributed by atoms with E-state index in [0.717, 1.165) is 13.0 Å². The van der Waals surface area contributed by atoms with Gasteiger partial charge in [0, 0.05) is 36.4 Å². The fourth-order valence-electron chi connectivity index (χ4n) is 10.3. The SMILES string of the molecule is CC[C@H]1OC(=O)[C@H](C)C(=O)[C@H](C)[C@@H](O[C@@H]2O[C@H](C)C[C@H](N(C)C)[C@H]2O)[C@@](C)(OC/C=C/C2CNC3CCCCC3C2)C[C@@H](C)C(=O)[C@H](C)[C@H]2NC(=O)O[C@@]21C. The van der Waals surface area contributed by atoms with Crippen LogP contribution in [0.25, 0.3) is 0 Å². The molecule has 0 radical (unpaired) electrons. The van der Waals surface area contributed by atoms with E-state index >= 15 is 0 Å². The van der Waals surface area contributed by atoms with Gasteiger partial charge in [0.25, 0.3) is 0 Å². The molecule has 13 heteroatoms. The Balaban J connectivity index is 1.51. The van der Waals surface area contributed by atoms with Crippen LogP contribution >= 0.6 is 0 Å². The fraction of sp³-hybridized carbons (Fsp3) is 0.857. The number of rotatable bonds is 8. The van der Waals surface area contributed by atoms with Crippen LogP contribution < -0.4 is 10.6 Å². The van der Waals surface area contributed by atoms with Crippen LogP contribution in [0.4, 0.5) is 4.79 Å². The summed E-state index contributed by atoms with van der Waals surface area (Å²) in [6.45, 7) is 15.1. The average Bonchev–Trinajstić information content (AvgIpc) is 3.47. The number of cyclic esters (lactones) is 1. The van der Waals surface area contributed by atoms with E-state index in [4.69, 9.17) is 23.7 Å². The summed E-state index contributed by atoms with van der Waals surface area (Å²) in [5.41, 5.74) is -2.64. The number of Topliss-reactive ketones (excluding diaryl/α,β-unsaturated/α-hetero) is 2. The Kier molecular flexibility index (Phi) is 14.3. The Bertz CT molecular complexity index is 1410. The van der Waals surface area contributed by atoms with Crippen LogP contribution in [0.15, 0.2) is 12.2 Å². The summed E-state index contributed by atoms with van der Waals surface area (Å²) >= 11 is 0. The second-order valence-electron chi connectivity index (χ2n) is 18.0. The van der Waals surface area contributed by atoms with Gasteiger partial charge in [0.05, 0.1) is 30.5 Å². The predicted molar refractivity (Wildman–Crippen MR) is 206 cm³/mol. The second kappa shape index (κ2) is 18.0. The number of nitrogens with one attached hydrogen (secondary N) is 2. The summed E-state index contributed by atoms with van der Waals surface area (Å²) in [6, 6.07) is -0.482. The van der Waals surface area contributed by atoms with Gasteiger partial charge in [-0.3, -0.25) is 14.4 Å². The van der Waals surface area contributed by atoms with Crippen molar-refractivity contribution in [3.63, 3.8) is 0 Å². The molecule has 0 spiro atoms. The number of hydrogen-bond acceptors (Lipinski definition) is 12. The number of fused-ring (bicyclic) bond motifs is 2. The molecule has 5 fully saturated rings. The van der Waals surface area contributed by atoms with E-state index < -0.39 is 83.4 Å². The van der Waals surface area contributed by atoms with Gasteiger partial charge in [0.2, 0.25) is 0 Å². The van der Waals surface area contributed by atoms with Gasteiger partial charge in [0.15, 0.2) is 17.7 Å². The van der Waals surface area contributed by atoms with E-state index in [1.807, 2.05) is 45.8 Å². The first-order chi connectivity index (χ1) is 25.9. The minimum absolute atomic E-state index is 0.144.